The van der Waals surface area contributed by atoms with Crippen molar-refractivity contribution < 1.29 is 14.1 Å². The largest absolute Gasteiger partial charge is 0.360 e. The summed E-state index contributed by atoms with van der Waals surface area (Å²) in [5.74, 6) is 1.22. The maximum absolute atomic E-state index is 12.7. The van der Waals surface area contributed by atoms with Gasteiger partial charge in [-0.2, -0.15) is 0 Å². The number of aromatic nitrogens is 1. The predicted molar refractivity (Wildman–Crippen MR) is 102 cm³/mol. The van der Waals surface area contributed by atoms with Gasteiger partial charge in [0.15, 0.2) is 5.82 Å². The van der Waals surface area contributed by atoms with Gasteiger partial charge in [-0.25, -0.2) is 0 Å². The van der Waals surface area contributed by atoms with Gasteiger partial charge in [0.25, 0.3) is 0 Å². The minimum Gasteiger partial charge on any atom is -0.360 e. The quantitative estimate of drug-likeness (QED) is 0.840. The van der Waals surface area contributed by atoms with Crippen molar-refractivity contribution in [2.75, 3.05) is 17.6 Å². The molecule has 2 heterocycles. The third kappa shape index (κ3) is 4.46. The average Bonchev–Trinajstić information content (AvgIpc) is 3.29. The van der Waals surface area contributed by atoms with E-state index in [0.29, 0.717) is 11.6 Å². The Morgan fingerprint density at radius 3 is 2.85 bits per heavy atom. The molecule has 0 radical (unpaired) electrons. The van der Waals surface area contributed by atoms with Crippen LogP contribution in [0.5, 0.6) is 0 Å². The summed E-state index contributed by atoms with van der Waals surface area (Å²) in [6.45, 7) is 4.33. The number of thioether (sulfide) groups is 1. The highest BCUT2D eigenvalue weighted by Crippen LogP contribution is 2.32. The number of rotatable bonds is 6. The predicted octanol–water partition coefficient (Wildman–Crippen LogP) is 3.41. The van der Waals surface area contributed by atoms with Crippen LogP contribution in [0.1, 0.15) is 37.1 Å². The first-order valence-electron chi connectivity index (χ1n) is 8.75. The molecule has 26 heavy (non-hydrogen) atoms. The van der Waals surface area contributed by atoms with Gasteiger partial charge in [-0.1, -0.05) is 35.5 Å². The van der Waals surface area contributed by atoms with E-state index in [9.17, 15) is 9.59 Å². The van der Waals surface area contributed by atoms with Gasteiger partial charge in [0.1, 0.15) is 5.76 Å². The molecule has 7 heteroatoms. The number of benzene rings is 1. The summed E-state index contributed by atoms with van der Waals surface area (Å²) in [6.07, 6.45) is 2.00. The molecule has 3 rings (SSSR count). The molecule has 2 unspecified atom stereocenters. The fraction of sp³-hybridized carbons (Fsp3) is 0.421. The number of aryl methyl sites for hydroxylation is 1. The number of amides is 2. The van der Waals surface area contributed by atoms with Crippen LogP contribution in [-0.2, 0) is 9.59 Å². The molecule has 6 nitrogen and oxygen atoms in total. The normalized spacial score (nSPS) is 17.9. The standard InChI is InChI=1S/C19H23N3O3S/c1-13-11-17(21-25-13)20-19(24)14(2)26-12-18(23)22-10-6-9-16(22)15-7-4-3-5-8-15/h3-5,7-8,11,14,16H,6,9-10,12H2,1-2H3,(H,20,21,24). The first kappa shape index (κ1) is 18.5. The summed E-state index contributed by atoms with van der Waals surface area (Å²) in [4.78, 5) is 26.8. The topological polar surface area (TPSA) is 75.4 Å². The molecule has 0 bridgehead atoms. The Labute approximate surface area is 157 Å². The van der Waals surface area contributed by atoms with Crippen LogP contribution in [0.2, 0.25) is 0 Å². The van der Waals surface area contributed by atoms with Gasteiger partial charge in [0.05, 0.1) is 17.0 Å². The number of nitrogens with zero attached hydrogens (tertiary/aromatic N) is 2. The molecule has 2 aromatic rings. The number of likely N-dealkylation sites (tertiary alicyclic amines) is 1. The molecule has 0 saturated carbocycles. The van der Waals surface area contributed by atoms with E-state index >= 15 is 0 Å². The van der Waals surface area contributed by atoms with Gasteiger partial charge in [-0.3, -0.25) is 9.59 Å². The van der Waals surface area contributed by atoms with Crippen molar-refractivity contribution in [1.82, 2.24) is 10.1 Å². The smallest absolute Gasteiger partial charge is 0.238 e. The molecular formula is C19H23N3O3S. The second kappa shape index (κ2) is 8.40. The summed E-state index contributed by atoms with van der Waals surface area (Å²) in [6, 6.07) is 11.9. The molecule has 0 spiro atoms. The van der Waals surface area contributed by atoms with Crippen LogP contribution < -0.4 is 5.32 Å². The minimum atomic E-state index is -0.353. The van der Waals surface area contributed by atoms with Crippen molar-refractivity contribution in [3.63, 3.8) is 0 Å². The summed E-state index contributed by atoms with van der Waals surface area (Å²) >= 11 is 1.34. The third-order valence-electron chi connectivity index (χ3n) is 4.46. The zero-order valence-corrected chi connectivity index (χ0v) is 15.8. The highest BCUT2D eigenvalue weighted by Gasteiger charge is 2.30. The highest BCUT2D eigenvalue weighted by atomic mass is 32.2. The summed E-state index contributed by atoms with van der Waals surface area (Å²) < 4.78 is 4.93. The van der Waals surface area contributed by atoms with Crippen LogP contribution >= 0.6 is 11.8 Å². The number of nitrogens with one attached hydrogen (secondary N) is 1. The van der Waals surface area contributed by atoms with Crippen LogP contribution in [0.4, 0.5) is 5.82 Å². The van der Waals surface area contributed by atoms with Crippen LogP contribution in [0.15, 0.2) is 40.9 Å². The lowest BCUT2D eigenvalue weighted by atomic mass is 10.0. The van der Waals surface area contributed by atoms with Gasteiger partial charge in [0, 0.05) is 12.6 Å². The molecule has 0 aliphatic carbocycles. The number of hydrogen-bond acceptors (Lipinski definition) is 5. The molecule has 2 amide bonds. The van der Waals surface area contributed by atoms with Crippen LogP contribution in [0.3, 0.4) is 0 Å². The monoisotopic (exact) mass is 373 g/mol. The van der Waals surface area contributed by atoms with Crippen LogP contribution in [-0.4, -0.2) is 39.4 Å². The molecule has 1 aliphatic rings. The Kier molecular flexibility index (Phi) is 5.98. The van der Waals surface area contributed by atoms with Gasteiger partial charge >= 0.3 is 0 Å². The maximum atomic E-state index is 12.7. The van der Waals surface area contributed by atoms with Crippen LogP contribution in [0.25, 0.3) is 0 Å². The van der Waals surface area contributed by atoms with Crippen molar-refractivity contribution in [3.05, 3.63) is 47.7 Å². The van der Waals surface area contributed by atoms with Gasteiger partial charge < -0.3 is 14.7 Å². The summed E-state index contributed by atoms with van der Waals surface area (Å²) in [7, 11) is 0. The molecular weight excluding hydrogens is 350 g/mol. The number of hydrogen-bond donors (Lipinski definition) is 1. The average molecular weight is 373 g/mol. The highest BCUT2D eigenvalue weighted by molar-refractivity contribution is 8.01. The SMILES string of the molecule is Cc1cc(NC(=O)C(C)SCC(=O)N2CCCC2c2ccccc2)no1. The Hall–Kier alpha value is -2.28. The van der Waals surface area contributed by atoms with E-state index in [-0.39, 0.29) is 28.9 Å². The Balaban J connectivity index is 1.52. The Morgan fingerprint density at radius 1 is 1.38 bits per heavy atom. The lowest BCUT2D eigenvalue weighted by Gasteiger charge is -2.25. The molecule has 2 atom stereocenters. The zero-order chi connectivity index (χ0) is 18.5. The first-order chi connectivity index (χ1) is 12.5. The van der Waals surface area contributed by atoms with Crippen molar-refractivity contribution in [3.8, 4) is 0 Å². The van der Waals surface area contributed by atoms with Crippen molar-refractivity contribution in [1.29, 1.82) is 0 Å². The fourth-order valence-electron chi connectivity index (χ4n) is 3.10. The molecule has 1 aromatic heterocycles. The lowest BCUT2D eigenvalue weighted by Crippen LogP contribution is -2.33. The number of carbonyl (C=O) groups excluding carboxylic acids is 2. The molecule has 1 saturated heterocycles. The second-order valence-electron chi connectivity index (χ2n) is 6.42. The Morgan fingerprint density at radius 2 is 2.15 bits per heavy atom. The van der Waals surface area contributed by atoms with E-state index in [2.05, 4.69) is 22.6 Å². The fourth-order valence-corrected chi connectivity index (χ4v) is 3.86. The van der Waals surface area contributed by atoms with Crippen molar-refractivity contribution in [2.45, 2.75) is 38.0 Å². The van der Waals surface area contributed by atoms with Gasteiger partial charge in [0.2, 0.25) is 11.8 Å². The van der Waals surface area contributed by atoms with Crippen molar-refractivity contribution in [2.24, 2.45) is 0 Å². The number of carbonyl (C=O) groups is 2. The Bertz CT molecular complexity index is 762. The van der Waals surface area contributed by atoms with Crippen molar-refractivity contribution >= 4 is 29.4 Å². The first-order valence-corrected chi connectivity index (χ1v) is 9.79. The van der Waals surface area contributed by atoms with E-state index in [4.69, 9.17) is 4.52 Å². The van der Waals surface area contributed by atoms with E-state index in [1.165, 1.54) is 17.3 Å². The third-order valence-corrected chi connectivity index (χ3v) is 5.59. The van der Waals surface area contributed by atoms with E-state index in [0.717, 1.165) is 19.4 Å². The molecule has 138 valence electrons. The summed E-state index contributed by atoms with van der Waals surface area (Å²) in [5, 5.41) is 6.10. The van der Waals surface area contributed by atoms with Gasteiger partial charge in [-0.05, 0) is 32.3 Å². The second-order valence-corrected chi connectivity index (χ2v) is 7.75. The zero-order valence-electron chi connectivity index (χ0n) is 15.0. The molecule has 1 aliphatic heterocycles. The summed E-state index contributed by atoms with van der Waals surface area (Å²) in [5.41, 5.74) is 1.18. The van der Waals surface area contributed by atoms with Gasteiger partial charge in [-0.15, -0.1) is 11.8 Å². The van der Waals surface area contributed by atoms with Crippen LogP contribution in [0, 0.1) is 6.92 Å². The van der Waals surface area contributed by atoms with E-state index in [1.807, 2.05) is 23.1 Å². The van der Waals surface area contributed by atoms with E-state index < -0.39 is 0 Å². The van der Waals surface area contributed by atoms with E-state index in [1.54, 1.807) is 19.9 Å². The maximum Gasteiger partial charge on any atom is 0.238 e. The minimum absolute atomic E-state index is 0.0817. The number of anilines is 1. The molecule has 1 aromatic carbocycles. The lowest BCUT2D eigenvalue weighted by molar-refractivity contribution is -0.129. The molecule has 1 N–H and O–H groups in total. The molecule has 1 fully saturated rings.